The third-order valence-electron chi connectivity index (χ3n) is 4.57. The van der Waals surface area contributed by atoms with Gasteiger partial charge in [-0.2, -0.15) is 0 Å². The van der Waals surface area contributed by atoms with E-state index in [1.54, 1.807) is 0 Å². The molecule has 2 heterocycles. The van der Waals surface area contributed by atoms with Crippen molar-refractivity contribution in [3.8, 4) is 0 Å². The normalized spacial score (nSPS) is 36.9. The van der Waals surface area contributed by atoms with E-state index in [0.717, 1.165) is 38.9 Å². The summed E-state index contributed by atoms with van der Waals surface area (Å²) in [7, 11) is 0. The van der Waals surface area contributed by atoms with Crippen LogP contribution in [0.2, 0.25) is 0 Å². The van der Waals surface area contributed by atoms with Crippen LogP contribution in [0.15, 0.2) is 0 Å². The quantitative estimate of drug-likeness (QED) is 0.828. The third kappa shape index (κ3) is 2.41. The van der Waals surface area contributed by atoms with E-state index in [4.69, 9.17) is 4.74 Å². The summed E-state index contributed by atoms with van der Waals surface area (Å²) >= 11 is 0. The maximum atomic E-state index is 12.9. The minimum atomic E-state index is -0.162. The number of carbonyl (C=O) groups excluding carboxylic acids is 1. The first-order valence-electron chi connectivity index (χ1n) is 7.26. The first-order chi connectivity index (χ1) is 8.63. The van der Waals surface area contributed by atoms with Crippen LogP contribution in [0.1, 0.15) is 40.0 Å². The van der Waals surface area contributed by atoms with Crippen LogP contribution in [-0.2, 0) is 9.53 Å². The maximum Gasteiger partial charge on any atom is 0.230 e. The summed E-state index contributed by atoms with van der Waals surface area (Å²) < 4.78 is 5.68. The molecule has 2 aliphatic heterocycles. The molecule has 0 aromatic rings. The molecule has 0 aromatic carbocycles. The van der Waals surface area contributed by atoms with E-state index in [1.807, 2.05) is 0 Å². The molecule has 3 atom stereocenters. The van der Waals surface area contributed by atoms with Crippen molar-refractivity contribution in [2.45, 2.75) is 52.2 Å². The van der Waals surface area contributed by atoms with Crippen molar-refractivity contribution in [1.82, 2.24) is 10.2 Å². The number of ether oxygens (including phenoxy) is 1. The predicted molar refractivity (Wildman–Crippen MR) is 71.4 cm³/mol. The number of nitrogens with one attached hydrogen (secondary N) is 1. The minimum Gasteiger partial charge on any atom is -0.375 e. The second kappa shape index (κ2) is 5.57. The van der Waals surface area contributed by atoms with E-state index in [1.165, 1.54) is 0 Å². The van der Waals surface area contributed by atoms with Crippen LogP contribution in [0.4, 0.5) is 0 Å². The van der Waals surface area contributed by atoms with Crippen LogP contribution < -0.4 is 5.32 Å². The Morgan fingerprint density at radius 1 is 1.50 bits per heavy atom. The molecule has 0 spiro atoms. The Labute approximate surface area is 110 Å². The van der Waals surface area contributed by atoms with E-state index in [-0.39, 0.29) is 17.6 Å². The Morgan fingerprint density at radius 2 is 2.28 bits per heavy atom. The van der Waals surface area contributed by atoms with Gasteiger partial charge < -0.3 is 15.0 Å². The van der Waals surface area contributed by atoms with Gasteiger partial charge in [0.25, 0.3) is 0 Å². The molecule has 4 nitrogen and oxygen atoms in total. The predicted octanol–water partition coefficient (Wildman–Crippen LogP) is 1.40. The molecule has 0 saturated carbocycles. The molecule has 4 heteroatoms. The lowest BCUT2D eigenvalue weighted by atomic mass is 9.82. The van der Waals surface area contributed by atoms with E-state index in [9.17, 15) is 4.79 Å². The highest BCUT2D eigenvalue weighted by molar-refractivity contribution is 5.83. The van der Waals surface area contributed by atoms with Crippen molar-refractivity contribution in [3.05, 3.63) is 0 Å². The number of hydrogen-bond acceptors (Lipinski definition) is 3. The molecule has 18 heavy (non-hydrogen) atoms. The van der Waals surface area contributed by atoms with Crippen molar-refractivity contribution in [2.24, 2.45) is 5.41 Å². The molecule has 0 aliphatic carbocycles. The van der Waals surface area contributed by atoms with Gasteiger partial charge >= 0.3 is 0 Å². The molecular formula is C14H26N2O2. The molecule has 2 fully saturated rings. The zero-order chi connectivity index (χ0) is 13.2. The van der Waals surface area contributed by atoms with Gasteiger partial charge in [-0.3, -0.25) is 4.79 Å². The second-order valence-corrected chi connectivity index (χ2v) is 5.72. The highest BCUT2D eigenvalue weighted by Crippen LogP contribution is 2.33. The Bertz CT molecular complexity index is 300. The SMILES string of the molecule is CCC1COC(C)CN1C(=O)C1(CC)CCNC1. The first kappa shape index (κ1) is 13.8. The lowest BCUT2D eigenvalue weighted by Gasteiger charge is -2.42. The Hall–Kier alpha value is -0.610. The van der Waals surface area contributed by atoms with Crippen LogP contribution in [-0.4, -0.2) is 49.2 Å². The standard InChI is InChI=1S/C14H26N2O2/c1-4-12-9-18-11(3)8-16(12)13(17)14(5-2)6-7-15-10-14/h11-12,15H,4-10H2,1-3H3. The molecule has 2 rings (SSSR count). The number of morpholine rings is 1. The summed E-state index contributed by atoms with van der Waals surface area (Å²) in [4.78, 5) is 15.0. The lowest BCUT2D eigenvalue weighted by Crippen LogP contribution is -2.56. The maximum absolute atomic E-state index is 12.9. The molecule has 3 unspecified atom stereocenters. The summed E-state index contributed by atoms with van der Waals surface area (Å²) in [5.41, 5.74) is -0.162. The second-order valence-electron chi connectivity index (χ2n) is 5.72. The van der Waals surface area contributed by atoms with Crippen LogP contribution >= 0.6 is 0 Å². The topological polar surface area (TPSA) is 41.6 Å². The number of nitrogens with zero attached hydrogens (tertiary/aromatic N) is 1. The number of hydrogen-bond donors (Lipinski definition) is 1. The van der Waals surface area contributed by atoms with Gasteiger partial charge in [0, 0.05) is 13.1 Å². The number of amides is 1. The molecule has 0 radical (unpaired) electrons. The van der Waals surface area contributed by atoms with E-state index in [0.29, 0.717) is 12.5 Å². The zero-order valence-corrected chi connectivity index (χ0v) is 11.9. The monoisotopic (exact) mass is 254 g/mol. The fourth-order valence-corrected chi connectivity index (χ4v) is 3.11. The van der Waals surface area contributed by atoms with Crippen LogP contribution in [0.25, 0.3) is 0 Å². The Kier molecular flexibility index (Phi) is 4.28. The van der Waals surface area contributed by atoms with Crippen LogP contribution in [0.3, 0.4) is 0 Å². The van der Waals surface area contributed by atoms with Gasteiger partial charge in [0.2, 0.25) is 5.91 Å². The third-order valence-corrected chi connectivity index (χ3v) is 4.57. The van der Waals surface area contributed by atoms with Crippen molar-refractivity contribution < 1.29 is 9.53 Å². The minimum absolute atomic E-state index is 0.162. The molecule has 0 bridgehead atoms. The van der Waals surface area contributed by atoms with Gasteiger partial charge in [-0.1, -0.05) is 13.8 Å². The summed E-state index contributed by atoms with van der Waals surface area (Å²) in [6, 6.07) is 0.262. The van der Waals surface area contributed by atoms with E-state index < -0.39 is 0 Å². The van der Waals surface area contributed by atoms with Gasteiger partial charge in [-0.25, -0.2) is 0 Å². The number of rotatable bonds is 3. The average Bonchev–Trinajstić information content (AvgIpc) is 2.87. The van der Waals surface area contributed by atoms with Crippen molar-refractivity contribution in [3.63, 3.8) is 0 Å². The average molecular weight is 254 g/mol. The van der Waals surface area contributed by atoms with Crippen molar-refractivity contribution in [2.75, 3.05) is 26.2 Å². The van der Waals surface area contributed by atoms with Crippen LogP contribution in [0, 0.1) is 5.41 Å². The Balaban J connectivity index is 2.14. The molecule has 1 amide bonds. The van der Waals surface area contributed by atoms with Gasteiger partial charge in [-0.15, -0.1) is 0 Å². The molecule has 0 aromatic heterocycles. The smallest absolute Gasteiger partial charge is 0.230 e. The molecule has 104 valence electrons. The molecule has 2 saturated heterocycles. The largest absolute Gasteiger partial charge is 0.375 e. The molecular weight excluding hydrogens is 228 g/mol. The fourth-order valence-electron chi connectivity index (χ4n) is 3.11. The van der Waals surface area contributed by atoms with Crippen molar-refractivity contribution in [1.29, 1.82) is 0 Å². The summed E-state index contributed by atoms with van der Waals surface area (Å²) in [5, 5.41) is 3.35. The highest BCUT2D eigenvalue weighted by atomic mass is 16.5. The fraction of sp³-hybridized carbons (Fsp3) is 0.929. The summed E-state index contributed by atoms with van der Waals surface area (Å²) in [6.45, 7) is 9.57. The lowest BCUT2D eigenvalue weighted by molar-refractivity contribution is -0.154. The highest BCUT2D eigenvalue weighted by Gasteiger charge is 2.44. The van der Waals surface area contributed by atoms with Gasteiger partial charge in [-0.05, 0) is 32.7 Å². The summed E-state index contributed by atoms with van der Waals surface area (Å²) in [5.74, 6) is 0.344. The molecule has 1 N–H and O–H groups in total. The zero-order valence-electron chi connectivity index (χ0n) is 11.9. The first-order valence-corrected chi connectivity index (χ1v) is 7.26. The summed E-state index contributed by atoms with van der Waals surface area (Å²) in [6.07, 6.45) is 3.05. The van der Waals surface area contributed by atoms with Gasteiger partial charge in [0.15, 0.2) is 0 Å². The number of carbonyl (C=O) groups is 1. The van der Waals surface area contributed by atoms with Crippen molar-refractivity contribution >= 4 is 5.91 Å². The van der Waals surface area contributed by atoms with E-state index >= 15 is 0 Å². The van der Waals surface area contributed by atoms with E-state index in [2.05, 4.69) is 31.0 Å². The van der Waals surface area contributed by atoms with Gasteiger partial charge in [0.1, 0.15) is 0 Å². The molecule has 2 aliphatic rings. The Morgan fingerprint density at radius 3 is 2.83 bits per heavy atom. The van der Waals surface area contributed by atoms with Crippen LogP contribution in [0.5, 0.6) is 0 Å². The van der Waals surface area contributed by atoms with Gasteiger partial charge in [0.05, 0.1) is 24.2 Å².